The minimum absolute atomic E-state index is 0.0393. The molecular formula is C18H21ClF4O2. The van der Waals surface area contributed by atoms with E-state index in [0.717, 1.165) is 31.4 Å². The van der Waals surface area contributed by atoms with Gasteiger partial charge >= 0.3 is 12.1 Å². The summed E-state index contributed by atoms with van der Waals surface area (Å²) in [6.45, 7) is 1.72. The molecule has 0 heterocycles. The Balaban J connectivity index is 2.35. The number of alkyl halides is 4. The summed E-state index contributed by atoms with van der Waals surface area (Å²) < 4.78 is 59.8. The van der Waals surface area contributed by atoms with Crippen molar-refractivity contribution in [2.75, 3.05) is 6.61 Å². The van der Waals surface area contributed by atoms with Crippen LogP contribution >= 0.6 is 11.6 Å². The molecule has 0 N–H and O–H groups in total. The molecule has 140 valence electrons. The van der Waals surface area contributed by atoms with Gasteiger partial charge in [-0.1, -0.05) is 19.3 Å². The molecular weight excluding hydrogens is 360 g/mol. The molecule has 0 saturated heterocycles. The van der Waals surface area contributed by atoms with Crippen LogP contribution in [0.2, 0.25) is 0 Å². The molecule has 25 heavy (non-hydrogen) atoms. The third-order valence-electron chi connectivity index (χ3n) is 4.47. The summed E-state index contributed by atoms with van der Waals surface area (Å²) >= 11 is 5.87. The number of ether oxygens (including phenoxy) is 1. The van der Waals surface area contributed by atoms with Gasteiger partial charge in [-0.3, -0.25) is 4.79 Å². The standard InChI is InChI=1S/C18H21ClF4O2/c1-2-25-17(24)14(19)9-11-8-13(18(21,22)23)16(15(20)10-11)12-6-4-3-5-7-12/h8,10,12,14H,2-7,9H2,1H3. The summed E-state index contributed by atoms with van der Waals surface area (Å²) in [6, 6.07) is 1.98. The third kappa shape index (κ3) is 5.09. The summed E-state index contributed by atoms with van der Waals surface area (Å²) in [5.41, 5.74) is -1.17. The third-order valence-corrected chi connectivity index (χ3v) is 4.80. The lowest BCUT2D eigenvalue weighted by atomic mass is 9.81. The average molecular weight is 381 g/mol. The van der Waals surface area contributed by atoms with Crippen molar-refractivity contribution in [2.24, 2.45) is 0 Å². The van der Waals surface area contributed by atoms with Crippen molar-refractivity contribution in [3.05, 3.63) is 34.6 Å². The molecule has 2 nitrogen and oxygen atoms in total. The molecule has 0 bridgehead atoms. The minimum Gasteiger partial charge on any atom is -0.465 e. The smallest absolute Gasteiger partial charge is 0.416 e. The Morgan fingerprint density at radius 2 is 1.92 bits per heavy atom. The number of benzene rings is 1. The number of carbonyl (C=O) groups is 1. The van der Waals surface area contributed by atoms with Crippen molar-refractivity contribution in [1.82, 2.24) is 0 Å². The van der Waals surface area contributed by atoms with Crippen molar-refractivity contribution in [3.8, 4) is 0 Å². The van der Waals surface area contributed by atoms with E-state index in [1.54, 1.807) is 6.92 Å². The maximum atomic E-state index is 14.6. The molecule has 1 saturated carbocycles. The molecule has 1 aromatic carbocycles. The number of esters is 1. The molecule has 1 fully saturated rings. The fraction of sp³-hybridized carbons (Fsp3) is 0.611. The highest BCUT2D eigenvalue weighted by atomic mass is 35.5. The quantitative estimate of drug-likeness (QED) is 0.377. The van der Waals surface area contributed by atoms with Crippen LogP contribution in [-0.2, 0) is 22.1 Å². The van der Waals surface area contributed by atoms with Crippen LogP contribution in [0.4, 0.5) is 17.6 Å². The van der Waals surface area contributed by atoms with Crippen LogP contribution < -0.4 is 0 Å². The van der Waals surface area contributed by atoms with E-state index in [1.807, 2.05) is 0 Å². The van der Waals surface area contributed by atoms with Crippen molar-refractivity contribution < 1.29 is 27.1 Å². The van der Waals surface area contributed by atoms with Crippen molar-refractivity contribution in [1.29, 1.82) is 0 Å². The molecule has 1 unspecified atom stereocenters. The van der Waals surface area contributed by atoms with Gasteiger partial charge in [-0.25, -0.2) is 4.39 Å². The van der Waals surface area contributed by atoms with Gasteiger partial charge in [-0.05, 0) is 49.8 Å². The van der Waals surface area contributed by atoms with E-state index in [0.29, 0.717) is 12.8 Å². The SMILES string of the molecule is CCOC(=O)C(Cl)Cc1cc(F)c(C2CCCCC2)c(C(F)(F)F)c1. The minimum atomic E-state index is -4.66. The zero-order valence-electron chi connectivity index (χ0n) is 14.0. The van der Waals surface area contributed by atoms with E-state index in [4.69, 9.17) is 16.3 Å². The van der Waals surface area contributed by atoms with Crippen LogP contribution in [-0.4, -0.2) is 18.0 Å². The van der Waals surface area contributed by atoms with E-state index in [9.17, 15) is 22.4 Å². The van der Waals surface area contributed by atoms with Crippen LogP contribution in [0.5, 0.6) is 0 Å². The summed E-state index contributed by atoms with van der Waals surface area (Å²) in [5, 5.41) is -1.15. The fourth-order valence-corrected chi connectivity index (χ4v) is 3.60. The van der Waals surface area contributed by atoms with Gasteiger partial charge in [0.25, 0.3) is 0 Å². The van der Waals surface area contributed by atoms with Gasteiger partial charge in [-0.2, -0.15) is 13.2 Å². The molecule has 0 amide bonds. The zero-order valence-corrected chi connectivity index (χ0v) is 14.7. The lowest BCUT2D eigenvalue weighted by Crippen LogP contribution is -2.21. The van der Waals surface area contributed by atoms with Gasteiger partial charge < -0.3 is 4.74 Å². The molecule has 0 radical (unpaired) electrons. The van der Waals surface area contributed by atoms with Crippen LogP contribution in [0.25, 0.3) is 0 Å². The first kappa shape index (κ1) is 20.0. The van der Waals surface area contributed by atoms with Gasteiger partial charge in [0.1, 0.15) is 11.2 Å². The topological polar surface area (TPSA) is 26.3 Å². The zero-order chi connectivity index (χ0) is 18.6. The Bertz CT molecular complexity index is 610. The van der Waals surface area contributed by atoms with E-state index >= 15 is 0 Å². The predicted molar refractivity (Wildman–Crippen MR) is 87.2 cm³/mol. The summed E-state index contributed by atoms with van der Waals surface area (Å²) in [5.74, 6) is -2.02. The van der Waals surface area contributed by atoms with E-state index in [1.165, 1.54) is 0 Å². The normalized spacial score (nSPS) is 17.4. The highest BCUT2D eigenvalue weighted by Crippen LogP contribution is 2.42. The lowest BCUT2D eigenvalue weighted by Gasteiger charge is -2.26. The summed E-state index contributed by atoms with van der Waals surface area (Å²) in [6.07, 6.45) is -1.20. The Labute approximate surface area is 149 Å². The van der Waals surface area contributed by atoms with Crippen molar-refractivity contribution in [3.63, 3.8) is 0 Å². The van der Waals surface area contributed by atoms with Crippen LogP contribution in [0.15, 0.2) is 12.1 Å². The number of halogens is 5. The number of hydrogen-bond donors (Lipinski definition) is 0. The fourth-order valence-electron chi connectivity index (χ4n) is 3.36. The van der Waals surface area contributed by atoms with E-state index < -0.39 is 34.8 Å². The van der Waals surface area contributed by atoms with Crippen molar-refractivity contribution in [2.45, 2.75) is 62.9 Å². The summed E-state index contributed by atoms with van der Waals surface area (Å²) in [4.78, 5) is 11.6. The second-order valence-electron chi connectivity index (χ2n) is 6.30. The highest BCUT2D eigenvalue weighted by Gasteiger charge is 2.38. The second-order valence-corrected chi connectivity index (χ2v) is 6.82. The maximum Gasteiger partial charge on any atom is 0.416 e. The van der Waals surface area contributed by atoms with Crippen LogP contribution in [0.3, 0.4) is 0 Å². The Morgan fingerprint density at radius 3 is 2.48 bits per heavy atom. The molecule has 0 aliphatic heterocycles. The maximum absolute atomic E-state index is 14.6. The Kier molecular flexibility index (Phi) is 6.72. The van der Waals surface area contributed by atoms with E-state index in [-0.39, 0.29) is 24.2 Å². The average Bonchev–Trinajstić information content (AvgIpc) is 2.54. The van der Waals surface area contributed by atoms with Crippen molar-refractivity contribution >= 4 is 17.6 Å². The first-order valence-corrected chi connectivity index (χ1v) is 8.87. The highest BCUT2D eigenvalue weighted by molar-refractivity contribution is 6.30. The van der Waals surface area contributed by atoms with Crippen LogP contribution in [0, 0.1) is 5.82 Å². The molecule has 2 rings (SSSR count). The monoisotopic (exact) mass is 380 g/mol. The second kappa shape index (κ2) is 8.39. The van der Waals surface area contributed by atoms with Gasteiger partial charge in [0.2, 0.25) is 0 Å². The van der Waals surface area contributed by atoms with Crippen LogP contribution in [0.1, 0.15) is 61.6 Å². The molecule has 1 aliphatic carbocycles. The molecule has 0 aromatic heterocycles. The number of hydrogen-bond acceptors (Lipinski definition) is 2. The first-order valence-electron chi connectivity index (χ1n) is 8.44. The number of carbonyl (C=O) groups excluding carboxylic acids is 1. The first-order chi connectivity index (χ1) is 11.7. The van der Waals surface area contributed by atoms with Gasteiger partial charge in [0.05, 0.1) is 12.2 Å². The van der Waals surface area contributed by atoms with E-state index in [2.05, 4.69) is 0 Å². The summed E-state index contributed by atoms with van der Waals surface area (Å²) in [7, 11) is 0. The van der Waals surface area contributed by atoms with Gasteiger partial charge in [0.15, 0.2) is 0 Å². The molecule has 1 aromatic rings. The molecule has 7 heteroatoms. The molecule has 0 spiro atoms. The molecule has 1 aliphatic rings. The Morgan fingerprint density at radius 1 is 1.28 bits per heavy atom. The molecule has 1 atom stereocenters. The Hall–Kier alpha value is -1.30. The number of rotatable bonds is 5. The van der Waals surface area contributed by atoms with Gasteiger partial charge in [-0.15, -0.1) is 11.6 Å². The predicted octanol–water partition coefficient (Wildman–Crippen LogP) is 5.61. The van der Waals surface area contributed by atoms with Gasteiger partial charge in [0, 0.05) is 5.56 Å². The largest absolute Gasteiger partial charge is 0.465 e. The lowest BCUT2D eigenvalue weighted by molar-refractivity contribution is -0.142.